The number of piperidine rings is 1. The van der Waals surface area contributed by atoms with Gasteiger partial charge in [-0.2, -0.15) is 4.31 Å². The largest absolute Gasteiger partial charge is 0.393 e. The molecule has 28 heavy (non-hydrogen) atoms. The fourth-order valence-electron chi connectivity index (χ4n) is 3.45. The molecule has 0 aliphatic carbocycles. The number of carbonyl (C=O) groups is 1. The van der Waals surface area contributed by atoms with Gasteiger partial charge in [0.2, 0.25) is 10.0 Å². The van der Waals surface area contributed by atoms with Gasteiger partial charge in [-0.3, -0.25) is 4.79 Å². The average molecular weight is 406 g/mol. The fourth-order valence-corrected chi connectivity index (χ4v) is 5.19. The van der Waals surface area contributed by atoms with E-state index in [0.717, 1.165) is 11.1 Å². The van der Waals surface area contributed by atoms with E-state index in [-0.39, 0.29) is 23.9 Å². The summed E-state index contributed by atoms with van der Waals surface area (Å²) in [6.07, 6.45) is 0.398. The number of nitrogens with one attached hydrogen (secondary N) is 1. The van der Waals surface area contributed by atoms with Gasteiger partial charge in [0, 0.05) is 32.4 Å². The number of aryl methyl sites for hydroxylation is 1. The molecule has 0 radical (unpaired) electrons. The van der Waals surface area contributed by atoms with E-state index >= 15 is 0 Å². The predicted octanol–water partition coefficient (Wildman–Crippen LogP) is 1.72. The van der Waals surface area contributed by atoms with Crippen LogP contribution >= 0.6 is 0 Å². The van der Waals surface area contributed by atoms with Crippen molar-refractivity contribution in [2.75, 3.05) is 13.1 Å². The van der Waals surface area contributed by atoms with Crippen molar-refractivity contribution >= 4 is 15.9 Å². The Morgan fingerprint density at radius 3 is 2.50 bits per heavy atom. The van der Waals surface area contributed by atoms with Crippen LogP contribution in [-0.2, 0) is 23.6 Å². The lowest BCUT2D eigenvalue weighted by Gasteiger charge is -2.28. The van der Waals surface area contributed by atoms with Crippen molar-refractivity contribution in [2.45, 2.75) is 44.2 Å². The highest BCUT2D eigenvalue weighted by Gasteiger charge is 2.32. The second-order valence-electron chi connectivity index (χ2n) is 7.28. The molecule has 7 nitrogen and oxygen atoms in total. The second-order valence-corrected chi connectivity index (χ2v) is 9.19. The van der Waals surface area contributed by atoms with E-state index in [1.165, 1.54) is 10.4 Å². The quantitative estimate of drug-likeness (QED) is 0.792. The number of benzene rings is 1. The van der Waals surface area contributed by atoms with Crippen LogP contribution < -0.4 is 5.32 Å². The molecule has 0 saturated carbocycles. The maximum atomic E-state index is 13.0. The van der Waals surface area contributed by atoms with Gasteiger partial charge in [0.15, 0.2) is 0 Å². The molecule has 2 N–H and O–H groups in total. The Hall–Kier alpha value is -2.16. The molecule has 0 bridgehead atoms. The van der Waals surface area contributed by atoms with E-state index in [0.29, 0.717) is 30.8 Å². The van der Waals surface area contributed by atoms with E-state index < -0.39 is 16.1 Å². The Labute approximate surface area is 166 Å². The van der Waals surface area contributed by atoms with Gasteiger partial charge in [0.05, 0.1) is 6.10 Å². The minimum absolute atomic E-state index is 0.146. The van der Waals surface area contributed by atoms with E-state index in [1.54, 1.807) is 18.5 Å². The zero-order valence-corrected chi connectivity index (χ0v) is 17.3. The third-order valence-corrected chi connectivity index (χ3v) is 7.48. The van der Waals surface area contributed by atoms with Crippen molar-refractivity contribution in [3.63, 3.8) is 0 Å². The fraction of sp³-hybridized carbons (Fsp3) is 0.450. The number of amides is 1. The lowest BCUT2D eigenvalue weighted by molar-refractivity contribution is 0.0942. The molecule has 1 aliphatic rings. The predicted molar refractivity (Wildman–Crippen MR) is 106 cm³/mol. The number of hydrogen-bond acceptors (Lipinski definition) is 4. The Morgan fingerprint density at radius 1 is 1.21 bits per heavy atom. The molecule has 3 rings (SSSR count). The minimum Gasteiger partial charge on any atom is -0.393 e. The molecule has 1 aromatic heterocycles. The smallest absolute Gasteiger partial charge is 0.268 e. The zero-order chi connectivity index (χ0) is 20.5. The molecule has 152 valence electrons. The molecule has 2 heterocycles. The standard InChI is InChI=1S/C20H27N3O4S/c1-14-6-4-5-7-16(14)13-21-20(25)18-12-19(15(2)22(18)3)28(26,27)23-10-8-17(24)9-11-23/h4-7,12,17,24H,8-11,13H2,1-3H3,(H,21,25). The van der Waals surface area contributed by atoms with Crippen LogP contribution in [0.2, 0.25) is 0 Å². The van der Waals surface area contributed by atoms with Gasteiger partial charge in [0.1, 0.15) is 10.6 Å². The van der Waals surface area contributed by atoms with Crippen molar-refractivity contribution in [3.05, 3.63) is 52.8 Å². The summed E-state index contributed by atoms with van der Waals surface area (Å²) < 4.78 is 29.0. The van der Waals surface area contributed by atoms with Gasteiger partial charge in [-0.25, -0.2) is 8.42 Å². The maximum Gasteiger partial charge on any atom is 0.268 e. The number of aromatic nitrogens is 1. The summed E-state index contributed by atoms with van der Waals surface area (Å²) in [4.78, 5) is 12.8. The summed E-state index contributed by atoms with van der Waals surface area (Å²) in [7, 11) is -2.01. The van der Waals surface area contributed by atoms with E-state index in [1.807, 2.05) is 31.2 Å². The molecule has 1 aliphatic heterocycles. The topological polar surface area (TPSA) is 91.6 Å². The summed E-state index contributed by atoms with van der Waals surface area (Å²) in [5, 5.41) is 12.5. The molecule has 0 spiro atoms. The minimum atomic E-state index is -3.70. The first kappa shape index (κ1) is 20.6. The number of aliphatic hydroxyl groups is 1. The van der Waals surface area contributed by atoms with Crippen molar-refractivity contribution < 1.29 is 18.3 Å². The maximum absolute atomic E-state index is 13.0. The average Bonchev–Trinajstić information content (AvgIpc) is 2.97. The third-order valence-electron chi connectivity index (χ3n) is 5.46. The molecular formula is C20H27N3O4S. The van der Waals surface area contributed by atoms with Gasteiger partial charge in [0.25, 0.3) is 5.91 Å². The lowest BCUT2D eigenvalue weighted by atomic mass is 10.1. The molecule has 1 fully saturated rings. The van der Waals surface area contributed by atoms with Crippen molar-refractivity contribution in [3.8, 4) is 0 Å². The number of sulfonamides is 1. The summed E-state index contributed by atoms with van der Waals surface area (Å²) >= 11 is 0. The van der Waals surface area contributed by atoms with Gasteiger partial charge in [-0.1, -0.05) is 24.3 Å². The van der Waals surface area contributed by atoms with Crippen molar-refractivity contribution in [2.24, 2.45) is 7.05 Å². The third kappa shape index (κ3) is 3.99. The Kier molecular flexibility index (Phi) is 5.92. The molecule has 0 atom stereocenters. The Morgan fingerprint density at radius 2 is 1.86 bits per heavy atom. The summed E-state index contributed by atoms with van der Waals surface area (Å²) in [6.45, 7) is 4.62. The Balaban J connectivity index is 1.80. The first-order valence-corrected chi connectivity index (χ1v) is 10.8. The highest BCUT2D eigenvalue weighted by atomic mass is 32.2. The van der Waals surface area contributed by atoms with Crippen molar-refractivity contribution in [1.82, 2.24) is 14.2 Å². The molecule has 1 saturated heterocycles. The van der Waals surface area contributed by atoms with Gasteiger partial charge in [-0.15, -0.1) is 0 Å². The highest BCUT2D eigenvalue weighted by Crippen LogP contribution is 2.26. The number of rotatable bonds is 5. The number of aliphatic hydroxyl groups excluding tert-OH is 1. The number of carbonyl (C=O) groups excluding carboxylic acids is 1. The molecule has 1 amide bonds. The summed E-state index contributed by atoms with van der Waals surface area (Å²) in [6, 6.07) is 9.24. The van der Waals surface area contributed by atoms with E-state index in [9.17, 15) is 18.3 Å². The molecular weight excluding hydrogens is 378 g/mol. The van der Waals surface area contributed by atoms with Crippen LogP contribution in [-0.4, -0.2) is 47.5 Å². The van der Waals surface area contributed by atoms with Crippen LogP contribution in [0.15, 0.2) is 35.2 Å². The van der Waals surface area contributed by atoms with Crippen LogP contribution in [0.1, 0.15) is 40.2 Å². The summed E-state index contributed by atoms with van der Waals surface area (Å²) in [5.41, 5.74) is 2.93. The molecule has 8 heteroatoms. The molecule has 2 aromatic rings. The van der Waals surface area contributed by atoms with Gasteiger partial charge < -0.3 is 15.0 Å². The monoisotopic (exact) mass is 405 g/mol. The van der Waals surface area contributed by atoms with Crippen LogP contribution in [0.4, 0.5) is 0 Å². The Bertz CT molecular complexity index is 973. The second kappa shape index (κ2) is 8.06. The van der Waals surface area contributed by atoms with Gasteiger partial charge in [-0.05, 0) is 43.9 Å². The first-order chi connectivity index (χ1) is 13.2. The SMILES string of the molecule is Cc1ccccc1CNC(=O)c1cc(S(=O)(=O)N2CCC(O)CC2)c(C)n1C. The zero-order valence-electron chi connectivity index (χ0n) is 16.5. The van der Waals surface area contributed by atoms with E-state index in [4.69, 9.17) is 0 Å². The van der Waals surface area contributed by atoms with Gasteiger partial charge >= 0.3 is 0 Å². The first-order valence-electron chi connectivity index (χ1n) is 9.39. The van der Waals surface area contributed by atoms with Crippen LogP contribution in [0.25, 0.3) is 0 Å². The number of nitrogens with zero attached hydrogens (tertiary/aromatic N) is 2. The number of hydrogen-bond donors (Lipinski definition) is 2. The molecule has 0 unspecified atom stereocenters. The van der Waals surface area contributed by atoms with E-state index in [2.05, 4.69) is 5.32 Å². The van der Waals surface area contributed by atoms with Crippen molar-refractivity contribution in [1.29, 1.82) is 0 Å². The van der Waals surface area contributed by atoms with Crippen LogP contribution in [0.3, 0.4) is 0 Å². The molecule has 1 aromatic carbocycles. The highest BCUT2D eigenvalue weighted by molar-refractivity contribution is 7.89. The summed E-state index contributed by atoms with van der Waals surface area (Å²) in [5.74, 6) is -0.315. The van der Waals surface area contributed by atoms with Crippen LogP contribution in [0.5, 0.6) is 0 Å². The lowest BCUT2D eigenvalue weighted by Crippen LogP contribution is -2.40. The normalized spacial score (nSPS) is 16.3. The van der Waals surface area contributed by atoms with Crippen LogP contribution in [0, 0.1) is 13.8 Å².